The van der Waals surface area contributed by atoms with Crippen LogP contribution >= 0.6 is 0 Å². The van der Waals surface area contributed by atoms with Gasteiger partial charge in [-0.05, 0) is 36.4 Å². The molecule has 25 heavy (non-hydrogen) atoms. The Labute approximate surface area is 146 Å². The van der Waals surface area contributed by atoms with Crippen molar-refractivity contribution in [3.8, 4) is 0 Å². The molecule has 0 spiro atoms. The molecule has 0 fully saturated rings. The summed E-state index contributed by atoms with van der Waals surface area (Å²) in [7, 11) is 2.13. The van der Waals surface area contributed by atoms with Crippen molar-refractivity contribution in [1.29, 1.82) is 0 Å². The number of rotatable bonds is 2. The van der Waals surface area contributed by atoms with Crippen LogP contribution in [-0.4, -0.2) is 18.6 Å². The van der Waals surface area contributed by atoms with E-state index in [0.29, 0.717) is 0 Å². The van der Waals surface area contributed by atoms with Crippen LogP contribution in [0.25, 0.3) is 27.6 Å². The fourth-order valence-corrected chi connectivity index (χ4v) is 3.55. The van der Waals surface area contributed by atoms with Gasteiger partial charge < -0.3 is 14.2 Å². The number of hydrogen-bond donors (Lipinski definition) is 0. The lowest BCUT2D eigenvalue weighted by Gasteiger charge is -2.19. The molecule has 1 aliphatic heterocycles. The topological polar surface area (TPSA) is 19.6 Å². The summed E-state index contributed by atoms with van der Waals surface area (Å²) in [5, 5.41) is 2.33. The minimum atomic E-state index is 0.851. The number of anilines is 1. The van der Waals surface area contributed by atoms with E-state index in [1.54, 1.807) is 0 Å². The highest BCUT2D eigenvalue weighted by molar-refractivity contribution is 6.05. The fourth-order valence-electron chi connectivity index (χ4n) is 3.55. The van der Waals surface area contributed by atoms with Crippen molar-refractivity contribution in [1.82, 2.24) is 4.90 Å². The standard InChI is InChI=1S/C22H18N2O/c1-23-15-24(17-7-3-2-4-8-17)14-20(23)16-11-12-22-19(13-16)18-9-5-6-10-21(18)25-22/h2-14H,15H2,1H3. The van der Waals surface area contributed by atoms with Gasteiger partial charge in [-0.2, -0.15) is 0 Å². The van der Waals surface area contributed by atoms with Gasteiger partial charge in [-0.3, -0.25) is 0 Å². The van der Waals surface area contributed by atoms with Gasteiger partial charge in [0.2, 0.25) is 0 Å². The van der Waals surface area contributed by atoms with Crippen molar-refractivity contribution < 1.29 is 4.42 Å². The zero-order chi connectivity index (χ0) is 16.8. The van der Waals surface area contributed by atoms with E-state index in [1.165, 1.54) is 27.7 Å². The summed E-state index contributed by atoms with van der Waals surface area (Å²) < 4.78 is 5.94. The van der Waals surface area contributed by atoms with Crippen molar-refractivity contribution >= 4 is 33.3 Å². The molecule has 0 unspecified atom stereocenters. The quantitative estimate of drug-likeness (QED) is 0.499. The average molecular weight is 326 g/mol. The van der Waals surface area contributed by atoms with Crippen LogP contribution in [0.4, 0.5) is 5.69 Å². The van der Waals surface area contributed by atoms with Gasteiger partial charge in [-0.1, -0.05) is 36.4 Å². The molecule has 1 aliphatic rings. The number of nitrogens with zero attached hydrogens (tertiary/aromatic N) is 2. The zero-order valence-electron chi connectivity index (χ0n) is 14.0. The summed E-state index contributed by atoms with van der Waals surface area (Å²) in [6, 6.07) is 25.1. The van der Waals surface area contributed by atoms with E-state index < -0.39 is 0 Å². The van der Waals surface area contributed by atoms with E-state index in [4.69, 9.17) is 4.42 Å². The highest BCUT2D eigenvalue weighted by Gasteiger charge is 2.20. The first kappa shape index (κ1) is 14.2. The molecule has 3 nitrogen and oxygen atoms in total. The Balaban J connectivity index is 1.61. The molecule has 3 heteroatoms. The third-order valence-electron chi connectivity index (χ3n) is 4.81. The van der Waals surface area contributed by atoms with Gasteiger partial charge in [0.05, 0.1) is 12.4 Å². The molecule has 4 aromatic rings. The van der Waals surface area contributed by atoms with E-state index >= 15 is 0 Å². The molecule has 0 bridgehead atoms. The van der Waals surface area contributed by atoms with Gasteiger partial charge in [0.1, 0.15) is 11.2 Å². The summed E-state index contributed by atoms with van der Waals surface area (Å²) in [6.07, 6.45) is 2.22. The highest BCUT2D eigenvalue weighted by Crippen LogP contribution is 2.33. The number of furan rings is 1. The molecule has 1 aromatic heterocycles. The van der Waals surface area contributed by atoms with Crippen LogP contribution in [0.2, 0.25) is 0 Å². The maximum atomic E-state index is 5.94. The minimum absolute atomic E-state index is 0.851. The Kier molecular flexibility index (Phi) is 3.07. The van der Waals surface area contributed by atoms with E-state index in [-0.39, 0.29) is 0 Å². The van der Waals surface area contributed by atoms with Crippen LogP contribution in [0.1, 0.15) is 5.56 Å². The lowest BCUT2D eigenvalue weighted by Crippen LogP contribution is -2.22. The van der Waals surface area contributed by atoms with Gasteiger partial charge in [0.15, 0.2) is 0 Å². The molecule has 3 aromatic carbocycles. The third kappa shape index (κ3) is 2.28. The van der Waals surface area contributed by atoms with Crippen molar-refractivity contribution in [2.24, 2.45) is 0 Å². The molecule has 2 heterocycles. The molecule has 5 rings (SSSR count). The lowest BCUT2D eigenvalue weighted by atomic mass is 10.1. The van der Waals surface area contributed by atoms with Crippen LogP contribution < -0.4 is 4.90 Å². The molecule has 0 N–H and O–H groups in total. The van der Waals surface area contributed by atoms with Crippen LogP contribution in [-0.2, 0) is 0 Å². The van der Waals surface area contributed by atoms with E-state index in [9.17, 15) is 0 Å². The predicted octanol–water partition coefficient (Wildman–Crippen LogP) is 5.29. The monoisotopic (exact) mass is 326 g/mol. The Bertz CT molecular complexity index is 1090. The van der Waals surface area contributed by atoms with Gasteiger partial charge in [-0.15, -0.1) is 0 Å². The average Bonchev–Trinajstić information content (AvgIpc) is 3.22. The zero-order valence-corrected chi connectivity index (χ0v) is 14.0. The summed E-state index contributed by atoms with van der Waals surface area (Å²) in [5.74, 6) is 0. The Hall–Kier alpha value is -3.20. The van der Waals surface area contributed by atoms with Gasteiger partial charge in [-0.25, -0.2) is 0 Å². The maximum Gasteiger partial charge on any atom is 0.135 e. The van der Waals surface area contributed by atoms with Gasteiger partial charge in [0, 0.05) is 35.3 Å². The fraction of sp³-hybridized carbons (Fsp3) is 0.0909. The molecular formula is C22H18N2O. The summed E-state index contributed by atoms with van der Waals surface area (Å²) >= 11 is 0. The Morgan fingerprint density at radius 1 is 0.800 bits per heavy atom. The smallest absolute Gasteiger partial charge is 0.135 e. The van der Waals surface area contributed by atoms with Crippen LogP contribution in [0, 0.1) is 0 Å². The molecule has 0 atom stereocenters. The van der Waals surface area contributed by atoms with Gasteiger partial charge in [0.25, 0.3) is 0 Å². The maximum absolute atomic E-state index is 5.94. The van der Waals surface area contributed by atoms with Gasteiger partial charge >= 0.3 is 0 Å². The number of fused-ring (bicyclic) bond motifs is 3. The predicted molar refractivity (Wildman–Crippen MR) is 103 cm³/mol. The number of benzene rings is 3. The molecular weight excluding hydrogens is 308 g/mol. The second-order valence-corrected chi connectivity index (χ2v) is 6.47. The lowest BCUT2D eigenvalue weighted by molar-refractivity contribution is 0.516. The molecule has 0 radical (unpaired) electrons. The Morgan fingerprint density at radius 3 is 2.44 bits per heavy atom. The second kappa shape index (κ2) is 5.42. The molecule has 0 aliphatic carbocycles. The first-order chi connectivity index (χ1) is 12.3. The third-order valence-corrected chi connectivity index (χ3v) is 4.81. The molecule has 0 saturated carbocycles. The Morgan fingerprint density at radius 2 is 1.56 bits per heavy atom. The van der Waals surface area contributed by atoms with E-state index in [0.717, 1.165) is 17.8 Å². The normalized spacial score (nSPS) is 14.5. The van der Waals surface area contributed by atoms with E-state index in [2.05, 4.69) is 77.6 Å². The number of para-hydroxylation sites is 2. The van der Waals surface area contributed by atoms with Crippen LogP contribution in [0.5, 0.6) is 0 Å². The molecule has 0 saturated heterocycles. The van der Waals surface area contributed by atoms with E-state index in [1.807, 2.05) is 18.2 Å². The first-order valence-corrected chi connectivity index (χ1v) is 8.46. The van der Waals surface area contributed by atoms with Crippen LogP contribution in [0.15, 0.2) is 83.4 Å². The number of hydrogen-bond acceptors (Lipinski definition) is 3. The minimum Gasteiger partial charge on any atom is -0.456 e. The molecule has 122 valence electrons. The largest absolute Gasteiger partial charge is 0.456 e. The van der Waals surface area contributed by atoms with Crippen molar-refractivity contribution in [3.05, 3.63) is 84.6 Å². The van der Waals surface area contributed by atoms with Crippen molar-refractivity contribution in [2.75, 3.05) is 18.6 Å². The van der Waals surface area contributed by atoms with Crippen molar-refractivity contribution in [2.45, 2.75) is 0 Å². The van der Waals surface area contributed by atoms with Crippen molar-refractivity contribution in [3.63, 3.8) is 0 Å². The van der Waals surface area contributed by atoms with Crippen LogP contribution in [0.3, 0.4) is 0 Å². The highest BCUT2D eigenvalue weighted by atomic mass is 16.3. The SMILES string of the molecule is CN1CN(c2ccccc2)C=C1c1ccc2oc3ccccc3c2c1. The summed E-state index contributed by atoms with van der Waals surface area (Å²) in [5.41, 5.74) is 5.51. The second-order valence-electron chi connectivity index (χ2n) is 6.47. The summed E-state index contributed by atoms with van der Waals surface area (Å²) in [4.78, 5) is 4.55. The summed E-state index contributed by atoms with van der Waals surface area (Å²) in [6.45, 7) is 0.851. The molecule has 0 amide bonds. The first-order valence-electron chi connectivity index (χ1n) is 8.46.